The van der Waals surface area contributed by atoms with Crippen molar-refractivity contribution in [3.63, 3.8) is 0 Å². The molecule has 1 unspecified atom stereocenters. The molecular formula is C12H14BrN3O. The molecule has 17 heavy (non-hydrogen) atoms. The fourth-order valence-electron chi connectivity index (χ4n) is 1.52. The smallest absolute Gasteiger partial charge is 0.257 e. The SMILES string of the molecule is Cc1cc(Br)cc(-c2nc(C(C)CN)no2)c1. The molecule has 0 saturated heterocycles. The number of rotatable bonds is 3. The van der Waals surface area contributed by atoms with Gasteiger partial charge in [0, 0.05) is 22.5 Å². The summed E-state index contributed by atoms with van der Waals surface area (Å²) in [5.74, 6) is 1.30. The van der Waals surface area contributed by atoms with Gasteiger partial charge in [0.15, 0.2) is 5.82 Å². The van der Waals surface area contributed by atoms with E-state index in [-0.39, 0.29) is 5.92 Å². The van der Waals surface area contributed by atoms with Crippen LogP contribution in [-0.2, 0) is 0 Å². The van der Waals surface area contributed by atoms with Crippen LogP contribution >= 0.6 is 15.9 Å². The van der Waals surface area contributed by atoms with Gasteiger partial charge in [-0.1, -0.05) is 28.0 Å². The summed E-state index contributed by atoms with van der Waals surface area (Å²) >= 11 is 3.45. The zero-order valence-corrected chi connectivity index (χ0v) is 11.4. The van der Waals surface area contributed by atoms with Gasteiger partial charge >= 0.3 is 0 Å². The Morgan fingerprint density at radius 2 is 2.18 bits per heavy atom. The molecule has 0 aliphatic heterocycles. The van der Waals surface area contributed by atoms with E-state index in [2.05, 4.69) is 26.1 Å². The van der Waals surface area contributed by atoms with Crippen molar-refractivity contribution in [2.24, 2.45) is 5.73 Å². The Labute approximate surface area is 108 Å². The molecule has 90 valence electrons. The van der Waals surface area contributed by atoms with Gasteiger partial charge in [0.05, 0.1) is 0 Å². The van der Waals surface area contributed by atoms with Gasteiger partial charge in [-0.3, -0.25) is 0 Å². The zero-order chi connectivity index (χ0) is 12.4. The number of nitrogens with zero attached hydrogens (tertiary/aromatic N) is 2. The monoisotopic (exact) mass is 295 g/mol. The maximum Gasteiger partial charge on any atom is 0.257 e. The molecule has 0 aliphatic rings. The lowest BCUT2D eigenvalue weighted by Crippen LogP contribution is -2.10. The van der Waals surface area contributed by atoms with E-state index in [9.17, 15) is 0 Å². The summed E-state index contributed by atoms with van der Waals surface area (Å²) < 4.78 is 6.25. The molecule has 0 fully saturated rings. The summed E-state index contributed by atoms with van der Waals surface area (Å²) in [6, 6.07) is 6.00. The number of nitrogens with two attached hydrogens (primary N) is 1. The molecule has 0 saturated carbocycles. The summed E-state index contributed by atoms with van der Waals surface area (Å²) in [5, 5.41) is 3.94. The summed E-state index contributed by atoms with van der Waals surface area (Å²) in [6.07, 6.45) is 0. The normalized spacial score (nSPS) is 12.7. The fourth-order valence-corrected chi connectivity index (χ4v) is 2.13. The molecular weight excluding hydrogens is 282 g/mol. The van der Waals surface area contributed by atoms with E-state index < -0.39 is 0 Å². The fraction of sp³-hybridized carbons (Fsp3) is 0.333. The largest absolute Gasteiger partial charge is 0.334 e. The lowest BCUT2D eigenvalue weighted by molar-refractivity contribution is 0.418. The Morgan fingerprint density at radius 1 is 1.41 bits per heavy atom. The quantitative estimate of drug-likeness (QED) is 0.946. The molecule has 0 bridgehead atoms. The van der Waals surface area contributed by atoms with Crippen LogP contribution in [0.5, 0.6) is 0 Å². The highest BCUT2D eigenvalue weighted by molar-refractivity contribution is 9.10. The summed E-state index contributed by atoms with van der Waals surface area (Å²) in [5.41, 5.74) is 7.63. The van der Waals surface area contributed by atoms with Gasteiger partial charge in [-0.15, -0.1) is 0 Å². The molecule has 1 heterocycles. The van der Waals surface area contributed by atoms with Crippen molar-refractivity contribution < 1.29 is 4.52 Å². The van der Waals surface area contributed by atoms with Gasteiger partial charge in [0.1, 0.15) is 0 Å². The van der Waals surface area contributed by atoms with Crippen LogP contribution in [0, 0.1) is 6.92 Å². The third-order valence-electron chi connectivity index (χ3n) is 2.53. The first-order chi connectivity index (χ1) is 8.10. The molecule has 0 spiro atoms. The minimum absolute atomic E-state index is 0.112. The van der Waals surface area contributed by atoms with Gasteiger partial charge in [0.2, 0.25) is 0 Å². The molecule has 2 aromatic rings. The summed E-state index contributed by atoms with van der Waals surface area (Å²) in [4.78, 5) is 4.35. The molecule has 1 aromatic carbocycles. The molecule has 0 radical (unpaired) electrons. The highest BCUT2D eigenvalue weighted by atomic mass is 79.9. The molecule has 0 amide bonds. The third-order valence-corrected chi connectivity index (χ3v) is 2.98. The topological polar surface area (TPSA) is 64.9 Å². The van der Waals surface area contributed by atoms with Crippen molar-refractivity contribution in [1.82, 2.24) is 10.1 Å². The van der Waals surface area contributed by atoms with Crippen LogP contribution in [0.4, 0.5) is 0 Å². The lowest BCUT2D eigenvalue weighted by Gasteiger charge is -2.00. The number of aromatic nitrogens is 2. The number of hydrogen-bond acceptors (Lipinski definition) is 4. The van der Waals surface area contributed by atoms with Crippen molar-refractivity contribution in [2.45, 2.75) is 19.8 Å². The van der Waals surface area contributed by atoms with E-state index >= 15 is 0 Å². The molecule has 1 aromatic heterocycles. The predicted molar refractivity (Wildman–Crippen MR) is 69.6 cm³/mol. The number of aryl methyl sites for hydroxylation is 1. The first-order valence-corrected chi connectivity index (χ1v) is 6.20. The van der Waals surface area contributed by atoms with Crippen molar-refractivity contribution in [2.75, 3.05) is 6.54 Å². The van der Waals surface area contributed by atoms with Crippen LogP contribution in [0.25, 0.3) is 11.5 Å². The zero-order valence-electron chi connectivity index (χ0n) is 9.77. The van der Waals surface area contributed by atoms with Crippen molar-refractivity contribution in [3.8, 4) is 11.5 Å². The minimum atomic E-state index is 0.112. The van der Waals surface area contributed by atoms with Crippen LogP contribution in [0.1, 0.15) is 24.2 Å². The lowest BCUT2D eigenvalue weighted by atomic mass is 10.1. The summed E-state index contributed by atoms with van der Waals surface area (Å²) in [6.45, 7) is 4.51. The Balaban J connectivity index is 2.36. The van der Waals surface area contributed by atoms with E-state index in [0.717, 1.165) is 15.6 Å². The minimum Gasteiger partial charge on any atom is -0.334 e. The molecule has 4 nitrogen and oxygen atoms in total. The van der Waals surface area contributed by atoms with Crippen LogP contribution in [0.3, 0.4) is 0 Å². The van der Waals surface area contributed by atoms with Gasteiger partial charge in [-0.05, 0) is 30.7 Å². The number of halogens is 1. The molecule has 0 aliphatic carbocycles. The average molecular weight is 296 g/mol. The number of hydrogen-bond donors (Lipinski definition) is 1. The van der Waals surface area contributed by atoms with E-state index in [0.29, 0.717) is 18.3 Å². The third kappa shape index (κ3) is 2.73. The van der Waals surface area contributed by atoms with Crippen LogP contribution < -0.4 is 5.73 Å². The number of benzene rings is 1. The first kappa shape index (κ1) is 12.3. The highest BCUT2D eigenvalue weighted by Gasteiger charge is 2.13. The van der Waals surface area contributed by atoms with Crippen molar-refractivity contribution in [1.29, 1.82) is 0 Å². The second kappa shape index (κ2) is 4.98. The van der Waals surface area contributed by atoms with E-state index in [1.165, 1.54) is 0 Å². The molecule has 5 heteroatoms. The highest BCUT2D eigenvalue weighted by Crippen LogP contribution is 2.24. The van der Waals surface area contributed by atoms with E-state index in [1.807, 2.05) is 32.0 Å². The van der Waals surface area contributed by atoms with E-state index in [1.54, 1.807) is 0 Å². The van der Waals surface area contributed by atoms with Crippen LogP contribution in [0.15, 0.2) is 27.2 Å². The second-order valence-electron chi connectivity index (χ2n) is 4.11. The molecule has 2 rings (SSSR count). The Bertz CT molecular complexity index is 504. The van der Waals surface area contributed by atoms with Crippen molar-refractivity contribution >= 4 is 15.9 Å². The first-order valence-electron chi connectivity index (χ1n) is 5.41. The Morgan fingerprint density at radius 3 is 2.82 bits per heavy atom. The summed E-state index contributed by atoms with van der Waals surface area (Å²) in [7, 11) is 0. The average Bonchev–Trinajstić information content (AvgIpc) is 2.76. The molecule has 1 atom stereocenters. The van der Waals surface area contributed by atoms with Crippen LogP contribution in [-0.4, -0.2) is 16.7 Å². The van der Waals surface area contributed by atoms with E-state index in [4.69, 9.17) is 10.3 Å². The molecule has 2 N–H and O–H groups in total. The van der Waals surface area contributed by atoms with Gasteiger partial charge in [-0.25, -0.2) is 0 Å². The predicted octanol–water partition coefficient (Wildman–Crippen LogP) is 2.87. The van der Waals surface area contributed by atoms with Gasteiger partial charge in [0.25, 0.3) is 5.89 Å². The van der Waals surface area contributed by atoms with Gasteiger partial charge < -0.3 is 10.3 Å². The van der Waals surface area contributed by atoms with Crippen LogP contribution in [0.2, 0.25) is 0 Å². The second-order valence-corrected chi connectivity index (χ2v) is 5.03. The Hall–Kier alpha value is -1.20. The maximum atomic E-state index is 5.57. The van der Waals surface area contributed by atoms with Gasteiger partial charge in [-0.2, -0.15) is 4.98 Å². The standard InChI is InChI=1S/C12H14BrN3O/c1-7-3-9(5-10(13)4-7)12-15-11(16-17-12)8(2)6-14/h3-5,8H,6,14H2,1-2H3. The maximum absolute atomic E-state index is 5.57. The van der Waals surface area contributed by atoms with Crippen molar-refractivity contribution in [3.05, 3.63) is 34.1 Å². The Kier molecular flexibility index (Phi) is 3.59.